The molecule has 0 N–H and O–H groups in total. The van der Waals surface area contributed by atoms with Gasteiger partial charge in [0.05, 0.1) is 4.90 Å². The van der Waals surface area contributed by atoms with E-state index in [1.807, 2.05) is 0 Å². The minimum Gasteiger partial charge on any atom is -0.300 e. The SMILES string of the molecule is CC(=O)Cc1cc(S(=O)(=O)Cl)c(C)cc1F. The van der Waals surface area contributed by atoms with Crippen molar-refractivity contribution in [1.82, 2.24) is 0 Å². The second-order valence-corrected chi connectivity index (χ2v) is 6.06. The van der Waals surface area contributed by atoms with Crippen molar-refractivity contribution in [2.75, 3.05) is 0 Å². The summed E-state index contributed by atoms with van der Waals surface area (Å²) in [5.74, 6) is -0.850. The number of aryl methyl sites for hydroxylation is 1. The average Bonchev–Trinajstić information content (AvgIpc) is 2.06. The number of hydrogen-bond acceptors (Lipinski definition) is 3. The molecule has 88 valence electrons. The molecular weight excluding hydrogens is 255 g/mol. The molecule has 0 atom stereocenters. The summed E-state index contributed by atoms with van der Waals surface area (Å²) >= 11 is 0. The Labute approximate surface area is 97.7 Å². The summed E-state index contributed by atoms with van der Waals surface area (Å²) in [5.41, 5.74) is 0.261. The fraction of sp³-hybridized carbons (Fsp3) is 0.300. The van der Waals surface area contributed by atoms with E-state index in [2.05, 4.69) is 0 Å². The molecule has 16 heavy (non-hydrogen) atoms. The number of carbonyl (C=O) groups is 1. The van der Waals surface area contributed by atoms with E-state index in [1.54, 1.807) is 0 Å². The van der Waals surface area contributed by atoms with Gasteiger partial charge in [0.25, 0.3) is 9.05 Å². The molecule has 3 nitrogen and oxygen atoms in total. The van der Waals surface area contributed by atoms with Gasteiger partial charge in [-0.3, -0.25) is 4.79 Å². The summed E-state index contributed by atoms with van der Waals surface area (Å²) in [6.07, 6.45) is -0.147. The normalized spacial score (nSPS) is 11.5. The van der Waals surface area contributed by atoms with Crippen LogP contribution in [0.25, 0.3) is 0 Å². The van der Waals surface area contributed by atoms with E-state index in [-0.39, 0.29) is 28.2 Å². The first kappa shape index (κ1) is 13.1. The lowest BCUT2D eigenvalue weighted by atomic mass is 10.1. The smallest absolute Gasteiger partial charge is 0.261 e. The molecule has 0 unspecified atom stereocenters. The molecule has 1 aromatic carbocycles. The van der Waals surface area contributed by atoms with Crippen molar-refractivity contribution >= 4 is 25.5 Å². The number of Topliss-reactive ketones (excluding diaryl/α,β-unsaturated/α-hetero) is 1. The lowest BCUT2D eigenvalue weighted by Gasteiger charge is -2.06. The maximum absolute atomic E-state index is 13.4. The van der Waals surface area contributed by atoms with Crippen LogP contribution in [0.1, 0.15) is 18.1 Å². The lowest BCUT2D eigenvalue weighted by Crippen LogP contribution is -2.03. The third-order valence-electron chi connectivity index (χ3n) is 2.05. The summed E-state index contributed by atoms with van der Waals surface area (Å²) in [6.45, 7) is 2.74. The summed E-state index contributed by atoms with van der Waals surface area (Å²) < 4.78 is 35.7. The van der Waals surface area contributed by atoms with Gasteiger partial charge < -0.3 is 0 Å². The quantitative estimate of drug-likeness (QED) is 0.787. The Morgan fingerprint density at radius 2 is 2.00 bits per heavy atom. The van der Waals surface area contributed by atoms with E-state index >= 15 is 0 Å². The molecule has 1 rings (SSSR count). The Morgan fingerprint density at radius 1 is 1.44 bits per heavy atom. The van der Waals surface area contributed by atoms with Crippen molar-refractivity contribution in [3.05, 3.63) is 29.1 Å². The second-order valence-electron chi connectivity index (χ2n) is 3.53. The van der Waals surface area contributed by atoms with E-state index in [0.717, 1.165) is 12.1 Å². The highest BCUT2D eigenvalue weighted by atomic mass is 35.7. The molecule has 6 heteroatoms. The predicted molar refractivity (Wildman–Crippen MR) is 58.6 cm³/mol. The molecule has 0 spiro atoms. The molecule has 0 aromatic heterocycles. The van der Waals surface area contributed by atoms with Crippen LogP contribution in [0, 0.1) is 12.7 Å². The van der Waals surface area contributed by atoms with Gasteiger partial charge in [-0.1, -0.05) is 0 Å². The molecule has 0 amide bonds. The van der Waals surface area contributed by atoms with Crippen LogP contribution in [-0.2, 0) is 20.3 Å². The van der Waals surface area contributed by atoms with Crippen LogP contribution < -0.4 is 0 Å². The lowest BCUT2D eigenvalue weighted by molar-refractivity contribution is -0.116. The zero-order valence-corrected chi connectivity index (χ0v) is 10.3. The fourth-order valence-corrected chi connectivity index (χ4v) is 2.59. The van der Waals surface area contributed by atoms with Gasteiger partial charge in [-0.15, -0.1) is 0 Å². The number of ketones is 1. The Balaban J connectivity index is 3.38. The zero-order chi connectivity index (χ0) is 12.5. The van der Waals surface area contributed by atoms with Crippen LogP contribution >= 0.6 is 10.7 Å². The molecule has 0 aliphatic heterocycles. The van der Waals surface area contributed by atoms with Crippen LogP contribution in [0.15, 0.2) is 17.0 Å². The molecule has 0 bridgehead atoms. The van der Waals surface area contributed by atoms with Crippen molar-refractivity contribution in [1.29, 1.82) is 0 Å². The number of hydrogen-bond donors (Lipinski definition) is 0. The Hall–Kier alpha value is -0.940. The Bertz CT molecular complexity index is 537. The highest BCUT2D eigenvalue weighted by molar-refractivity contribution is 8.13. The van der Waals surface area contributed by atoms with Crippen LogP contribution in [0.5, 0.6) is 0 Å². The van der Waals surface area contributed by atoms with E-state index < -0.39 is 14.9 Å². The van der Waals surface area contributed by atoms with Crippen molar-refractivity contribution in [3.63, 3.8) is 0 Å². The molecular formula is C10H10ClFO3S. The maximum atomic E-state index is 13.4. The molecule has 0 aliphatic carbocycles. The molecule has 0 radical (unpaired) electrons. The van der Waals surface area contributed by atoms with Crippen molar-refractivity contribution < 1.29 is 17.6 Å². The van der Waals surface area contributed by atoms with Crippen LogP contribution in [-0.4, -0.2) is 14.2 Å². The van der Waals surface area contributed by atoms with Gasteiger partial charge in [0, 0.05) is 17.1 Å². The minimum atomic E-state index is -3.91. The molecule has 0 aliphatic rings. The van der Waals surface area contributed by atoms with Crippen molar-refractivity contribution in [2.45, 2.75) is 25.2 Å². The van der Waals surface area contributed by atoms with E-state index in [9.17, 15) is 17.6 Å². The first-order valence-corrected chi connectivity index (χ1v) is 6.76. The average molecular weight is 265 g/mol. The van der Waals surface area contributed by atoms with Crippen LogP contribution in [0.3, 0.4) is 0 Å². The molecule has 0 heterocycles. The third-order valence-corrected chi connectivity index (χ3v) is 3.51. The molecule has 0 saturated carbocycles. The van der Waals surface area contributed by atoms with Gasteiger partial charge >= 0.3 is 0 Å². The summed E-state index contributed by atoms with van der Waals surface area (Å²) in [4.78, 5) is 10.7. The zero-order valence-electron chi connectivity index (χ0n) is 8.75. The minimum absolute atomic E-state index is 0.0392. The highest BCUT2D eigenvalue weighted by Crippen LogP contribution is 2.23. The highest BCUT2D eigenvalue weighted by Gasteiger charge is 2.17. The third kappa shape index (κ3) is 3.02. The van der Waals surface area contributed by atoms with E-state index in [4.69, 9.17) is 10.7 Å². The summed E-state index contributed by atoms with van der Waals surface area (Å²) in [5, 5.41) is 0. The largest absolute Gasteiger partial charge is 0.300 e. The standard InChI is InChI=1S/C10H10ClFO3S/c1-6-3-9(12)8(4-7(2)13)5-10(6)16(11,14)15/h3,5H,4H2,1-2H3. The van der Waals surface area contributed by atoms with Gasteiger partial charge in [-0.25, -0.2) is 12.8 Å². The van der Waals surface area contributed by atoms with Gasteiger partial charge in [-0.05, 0) is 37.1 Å². The first-order valence-electron chi connectivity index (χ1n) is 4.45. The molecule has 1 aromatic rings. The van der Waals surface area contributed by atoms with Crippen LogP contribution in [0.4, 0.5) is 4.39 Å². The fourth-order valence-electron chi connectivity index (χ4n) is 1.36. The number of rotatable bonds is 3. The molecule has 0 saturated heterocycles. The Kier molecular flexibility index (Phi) is 3.70. The van der Waals surface area contributed by atoms with E-state index in [1.165, 1.54) is 13.8 Å². The van der Waals surface area contributed by atoms with Gasteiger partial charge in [0.2, 0.25) is 0 Å². The summed E-state index contributed by atoms with van der Waals surface area (Å²) in [7, 11) is 1.28. The second kappa shape index (κ2) is 4.51. The van der Waals surface area contributed by atoms with Gasteiger partial charge in [-0.2, -0.15) is 0 Å². The number of carbonyl (C=O) groups excluding carboxylic acids is 1. The van der Waals surface area contributed by atoms with E-state index in [0.29, 0.717) is 0 Å². The van der Waals surface area contributed by atoms with Crippen molar-refractivity contribution in [2.24, 2.45) is 0 Å². The predicted octanol–water partition coefficient (Wildman–Crippen LogP) is 2.19. The van der Waals surface area contributed by atoms with Crippen molar-refractivity contribution in [3.8, 4) is 0 Å². The topological polar surface area (TPSA) is 51.2 Å². The number of halogens is 2. The van der Waals surface area contributed by atoms with Gasteiger partial charge in [0.15, 0.2) is 0 Å². The Morgan fingerprint density at radius 3 is 2.44 bits per heavy atom. The summed E-state index contributed by atoms with van der Waals surface area (Å²) in [6, 6.07) is 2.17. The molecule has 0 fully saturated rings. The number of benzene rings is 1. The monoisotopic (exact) mass is 264 g/mol. The van der Waals surface area contributed by atoms with Gasteiger partial charge in [0.1, 0.15) is 11.6 Å². The van der Waals surface area contributed by atoms with Crippen LogP contribution in [0.2, 0.25) is 0 Å². The first-order chi connectivity index (χ1) is 7.21. The maximum Gasteiger partial charge on any atom is 0.261 e.